The molecule has 0 saturated carbocycles. The van der Waals surface area contributed by atoms with Gasteiger partial charge in [0, 0.05) is 42.9 Å². The molecule has 1 amide bonds. The van der Waals surface area contributed by atoms with Crippen LogP contribution < -0.4 is 5.01 Å². The first-order chi connectivity index (χ1) is 15.4. The van der Waals surface area contributed by atoms with E-state index in [-0.39, 0.29) is 43.0 Å². The van der Waals surface area contributed by atoms with Gasteiger partial charge < -0.3 is 14.0 Å². The number of hydrazone groups is 1. The minimum absolute atomic E-state index is 0.130. The zero-order valence-corrected chi connectivity index (χ0v) is 18.4. The number of ether oxygens (including phenoxy) is 2. The third-order valence-electron chi connectivity index (χ3n) is 5.89. The predicted octanol–water partition coefficient (Wildman–Crippen LogP) is 3.19. The highest BCUT2D eigenvalue weighted by atomic mass is 16.5. The fraction of sp³-hybridized carbons (Fsp3) is 0.417. The Morgan fingerprint density at radius 2 is 1.97 bits per heavy atom. The molecule has 1 saturated heterocycles. The highest BCUT2D eigenvalue weighted by Gasteiger charge is 2.27. The first kappa shape index (κ1) is 22.0. The lowest BCUT2D eigenvalue weighted by molar-refractivity contribution is -0.134. The molecule has 2 aliphatic heterocycles. The van der Waals surface area contributed by atoms with Crippen LogP contribution in [0.5, 0.6) is 0 Å². The van der Waals surface area contributed by atoms with Crippen LogP contribution >= 0.6 is 0 Å². The van der Waals surface area contributed by atoms with Crippen LogP contribution in [-0.4, -0.2) is 47.3 Å². The van der Waals surface area contributed by atoms with Crippen molar-refractivity contribution in [2.45, 2.75) is 52.2 Å². The monoisotopic (exact) mass is 437 g/mol. The summed E-state index contributed by atoms with van der Waals surface area (Å²) in [6, 6.07) is 10.7. The van der Waals surface area contributed by atoms with Crippen LogP contribution in [0.3, 0.4) is 0 Å². The van der Waals surface area contributed by atoms with Crippen molar-refractivity contribution in [3.05, 3.63) is 53.3 Å². The van der Waals surface area contributed by atoms with Crippen molar-refractivity contribution in [2.24, 2.45) is 5.10 Å². The number of carbonyl (C=O) groups is 3. The van der Waals surface area contributed by atoms with Crippen LogP contribution in [0.15, 0.2) is 41.5 Å². The number of benzene rings is 1. The second-order valence-corrected chi connectivity index (χ2v) is 8.12. The zero-order chi connectivity index (χ0) is 22.7. The van der Waals surface area contributed by atoms with E-state index in [1.54, 1.807) is 24.3 Å². The Morgan fingerprint density at radius 1 is 1.19 bits per heavy atom. The molecule has 0 bridgehead atoms. The minimum Gasteiger partial charge on any atom is -0.453 e. The molecule has 3 heterocycles. The molecular weight excluding hydrogens is 410 g/mol. The van der Waals surface area contributed by atoms with E-state index in [2.05, 4.69) is 9.67 Å². The Kier molecular flexibility index (Phi) is 6.50. The van der Waals surface area contributed by atoms with Gasteiger partial charge in [-0.05, 0) is 44.9 Å². The topological polar surface area (TPSA) is 90.2 Å². The van der Waals surface area contributed by atoms with E-state index in [4.69, 9.17) is 9.47 Å². The van der Waals surface area contributed by atoms with Crippen molar-refractivity contribution >= 4 is 29.1 Å². The van der Waals surface area contributed by atoms with Crippen molar-refractivity contribution < 1.29 is 23.9 Å². The summed E-state index contributed by atoms with van der Waals surface area (Å²) in [5, 5.41) is 5.38. The van der Waals surface area contributed by atoms with E-state index in [0.717, 1.165) is 30.8 Å². The average molecular weight is 437 g/mol. The van der Waals surface area contributed by atoms with Gasteiger partial charge in [-0.2, -0.15) is 5.10 Å². The smallest absolute Gasteiger partial charge is 0.354 e. The Bertz CT molecular complexity index is 1050. The molecule has 8 heteroatoms. The number of amides is 1. The van der Waals surface area contributed by atoms with Crippen molar-refractivity contribution in [1.82, 2.24) is 4.57 Å². The highest BCUT2D eigenvalue weighted by molar-refractivity contribution is 6.38. The molecule has 0 unspecified atom stereocenters. The summed E-state index contributed by atoms with van der Waals surface area (Å²) in [6.45, 7) is 4.97. The lowest BCUT2D eigenvalue weighted by Crippen LogP contribution is -2.35. The van der Waals surface area contributed by atoms with Gasteiger partial charge in [-0.3, -0.25) is 9.59 Å². The van der Waals surface area contributed by atoms with Crippen molar-refractivity contribution in [2.75, 3.05) is 18.2 Å². The number of hydrogen-bond acceptors (Lipinski definition) is 6. The van der Waals surface area contributed by atoms with Crippen molar-refractivity contribution in [3.63, 3.8) is 0 Å². The maximum absolute atomic E-state index is 12.8. The average Bonchev–Trinajstić information content (AvgIpc) is 3.42. The molecule has 0 spiro atoms. The van der Waals surface area contributed by atoms with Crippen LogP contribution in [0.2, 0.25) is 0 Å². The SMILES string of the molecule is Cc1cc(C(=O)COC(=O)C2=NN(c3ccccc3)C(=O)CC2)c(C)n1C[C@@H]1CCCO1. The van der Waals surface area contributed by atoms with Gasteiger partial charge >= 0.3 is 5.97 Å². The standard InChI is InChI=1S/C24H27N3O5/c1-16-13-20(17(2)26(16)14-19-9-6-12-31-19)22(28)15-32-24(30)21-10-11-23(29)27(25-21)18-7-4-3-5-8-18/h3-5,7-8,13,19H,6,9-12,14-15H2,1-2H3/t19-/m0/s1. The molecule has 4 rings (SSSR count). The molecule has 168 valence electrons. The summed E-state index contributed by atoms with van der Waals surface area (Å²) in [7, 11) is 0. The van der Waals surface area contributed by atoms with Gasteiger partial charge in [-0.25, -0.2) is 9.80 Å². The number of aromatic nitrogens is 1. The quantitative estimate of drug-likeness (QED) is 0.490. The van der Waals surface area contributed by atoms with Crippen LogP contribution in [0.1, 0.15) is 47.4 Å². The van der Waals surface area contributed by atoms with Gasteiger partial charge in [0.2, 0.25) is 11.7 Å². The molecule has 0 N–H and O–H groups in total. The minimum atomic E-state index is -0.681. The van der Waals surface area contributed by atoms with E-state index < -0.39 is 5.97 Å². The molecular formula is C24H27N3O5. The molecule has 1 aromatic heterocycles. The third kappa shape index (κ3) is 4.65. The number of rotatable bonds is 7. The first-order valence-electron chi connectivity index (χ1n) is 10.9. The summed E-state index contributed by atoms with van der Waals surface area (Å²) in [5.74, 6) is -1.14. The largest absolute Gasteiger partial charge is 0.453 e. The number of Topliss-reactive ketones (excluding diaryl/α,β-unsaturated/α-hetero) is 1. The molecule has 1 aromatic carbocycles. The van der Waals surface area contributed by atoms with Gasteiger partial charge in [-0.15, -0.1) is 0 Å². The number of aryl methyl sites for hydroxylation is 1. The Morgan fingerprint density at radius 3 is 2.69 bits per heavy atom. The fourth-order valence-electron chi connectivity index (χ4n) is 4.12. The summed E-state index contributed by atoms with van der Waals surface area (Å²) in [4.78, 5) is 37.5. The summed E-state index contributed by atoms with van der Waals surface area (Å²) < 4.78 is 13.1. The van der Waals surface area contributed by atoms with Gasteiger partial charge in [0.1, 0.15) is 5.71 Å². The van der Waals surface area contributed by atoms with Gasteiger partial charge in [0.25, 0.3) is 0 Å². The van der Waals surface area contributed by atoms with Crippen LogP contribution in [0, 0.1) is 13.8 Å². The van der Waals surface area contributed by atoms with Crippen molar-refractivity contribution in [3.8, 4) is 0 Å². The van der Waals surface area contributed by atoms with E-state index in [0.29, 0.717) is 17.8 Å². The normalized spacial score (nSPS) is 18.6. The van der Waals surface area contributed by atoms with E-state index in [1.165, 1.54) is 5.01 Å². The highest BCUT2D eigenvalue weighted by Crippen LogP contribution is 2.22. The van der Waals surface area contributed by atoms with E-state index in [1.807, 2.05) is 26.0 Å². The molecule has 2 aliphatic rings. The summed E-state index contributed by atoms with van der Waals surface area (Å²) in [5.41, 5.74) is 3.07. The van der Waals surface area contributed by atoms with Crippen LogP contribution in [-0.2, 0) is 25.6 Å². The number of hydrogen-bond donors (Lipinski definition) is 0. The number of nitrogens with zero attached hydrogens (tertiary/aromatic N) is 3. The first-order valence-corrected chi connectivity index (χ1v) is 10.9. The lowest BCUT2D eigenvalue weighted by atomic mass is 10.1. The zero-order valence-electron chi connectivity index (χ0n) is 18.4. The maximum Gasteiger partial charge on any atom is 0.354 e. The molecule has 0 aliphatic carbocycles. The van der Waals surface area contributed by atoms with E-state index in [9.17, 15) is 14.4 Å². The molecule has 1 atom stereocenters. The summed E-state index contributed by atoms with van der Waals surface area (Å²) >= 11 is 0. The second kappa shape index (κ2) is 9.48. The Hall–Kier alpha value is -3.26. The molecule has 32 heavy (non-hydrogen) atoms. The lowest BCUT2D eigenvalue weighted by Gasteiger charge is -2.22. The second-order valence-electron chi connectivity index (χ2n) is 8.12. The van der Waals surface area contributed by atoms with Crippen LogP contribution in [0.25, 0.3) is 0 Å². The number of anilines is 1. The molecule has 1 fully saturated rings. The maximum atomic E-state index is 12.8. The Labute approximate surface area is 186 Å². The van der Waals surface area contributed by atoms with E-state index >= 15 is 0 Å². The fourth-order valence-corrected chi connectivity index (χ4v) is 4.12. The number of esters is 1. The molecule has 8 nitrogen and oxygen atoms in total. The van der Waals surface area contributed by atoms with Gasteiger partial charge in [0.15, 0.2) is 6.61 Å². The summed E-state index contributed by atoms with van der Waals surface area (Å²) in [6.07, 6.45) is 2.58. The molecule has 0 radical (unpaired) electrons. The number of carbonyl (C=O) groups excluding carboxylic acids is 3. The van der Waals surface area contributed by atoms with Gasteiger partial charge in [-0.1, -0.05) is 18.2 Å². The van der Waals surface area contributed by atoms with Crippen molar-refractivity contribution in [1.29, 1.82) is 0 Å². The molecule has 2 aromatic rings. The third-order valence-corrected chi connectivity index (χ3v) is 5.89. The van der Waals surface area contributed by atoms with Crippen LogP contribution in [0.4, 0.5) is 5.69 Å². The number of ketones is 1. The van der Waals surface area contributed by atoms with Gasteiger partial charge in [0.05, 0.1) is 11.8 Å². The Balaban J connectivity index is 1.40. The number of para-hydroxylation sites is 1. The predicted molar refractivity (Wildman–Crippen MR) is 119 cm³/mol.